The van der Waals surface area contributed by atoms with Crippen LogP contribution in [0.4, 0.5) is 0 Å². The number of hydrogen-bond donors (Lipinski definition) is 1. The first kappa shape index (κ1) is 14.4. The SMILES string of the molecule is CC(C)(OC(=O)c1ccccc1O)C(Cl)(Cl)Cl. The van der Waals surface area contributed by atoms with E-state index in [2.05, 4.69) is 0 Å². The van der Waals surface area contributed by atoms with Crippen molar-refractivity contribution in [1.29, 1.82) is 0 Å². The number of alkyl halides is 3. The lowest BCUT2D eigenvalue weighted by Crippen LogP contribution is -2.41. The molecule has 0 aliphatic heterocycles. The number of para-hydroxylation sites is 1. The third kappa shape index (κ3) is 3.41. The first-order valence-electron chi connectivity index (χ1n) is 4.73. The number of rotatable bonds is 2. The highest BCUT2D eigenvalue weighted by molar-refractivity contribution is 6.68. The topological polar surface area (TPSA) is 46.5 Å². The first-order chi connectivity index (χ1) is 7.65. The summed E-state index contributed by atoms with van der Waals surface area (Å²) in [6.45, 7) is 2.94. The molecule has 1 N–H and O–H groups in total. The lowest BCUT2D eigenvalue weighted by molar-refractivity contribution is 0.000428. The van der Waals surface area contributed by atoms with Crippen LogP contribution in [0.5, 0.6) is 5.75 Å². The molecular weight excluding hydrogens is 286 g/mol. The fourth-order valence-corrected chi connectivity index (χ4v) is 1.11. The molecule has 0 unspecified atom stereocenters. The van der Waals surface area contributed by atoms with E-state index in [0.717, 1.165) is 0 Å². The van der Waals surface area contributed by atoms with Gasteiger partial charge < -0.3 is 9.84 Å². The van der Waals surface area contributed by atoms with Gasteiger partial charge in [-0.05, 0) is 26.0 Å². The minimum Gasteiger partial charge on any atom is -0.507 e. The minimum absolute atomic E-state index is 0.0230. The fourth-order valence-electron chi connectivity index (χ4n) is 0.991. The van der Waals surface area contributed by atoms with E-state index >= 15 is 0 Å². The van der Waals surface area contributed by atoms with Crippen molar-refractivity contribution < 1.29 is 14.6 Å². The van der Waals surface area contributed by atoms with Gasteiger partial charge in [0.15, 0.2) is 5.60 Å². The quantitative estimate of drug-likeness (QED) is 0.669. The summed E-state index contributed by atoms with van der Waals surface area (Å²) in [5.74, 6) is -0.933. The Morgan fingerprint density at radius 1 is 1.24 bits per heavy atom. The van der Waals surface area contributed by atoms with Gasteiger partial charge in [0.2, 0.25) is 3.79 Å². The lowest BCUT2D eigenvalue weighted by Gasteiger charge is -2.31. The van der Waals surface area contributed by atoms with E-state index in [1.54, 1.807) is 12.1 Å². The van der Waals surface area contributed by atoms with Gasteiger partial charge in [-0.1, -0.05) is 46.9 Å². The zero-order valence-corrected chi connectivity index (χ0v) is 11.5. The van der Waals surface area contributed by atoms with Crippen LogP contribution < -0.4 is 0 Å². The van der Waals surface area contributed by atoms with Crippen molar-refractivity contribution in [1.82, 2.24) is 0 Å². The van der Waals surface area contributed by atoms with Crippen LogP contribution in [-0.2, 0) is 4.74 Å². The molecule has 94 valence electrons. The van der Waals surface area contributed by atoms with Crippen molar-refractivity contribution in [2.45, 2.75) is 23.2 Å². The van der Waals surface area contributed by atoms with Crippen LogP contribution in [0.2, 0.25) is 0 Å². The second-order valence-corrected chi connectivity index (χ2v) is 6.20. The molecule has 0 heterocycles. The molecule has 0 saturated heterocycles. The molecule has 6 heteroatoms. The average molecular weight is 298 g/mol. The summed E-state index contributed by atoms with van der Waals surface area (Å²) in [6, 6.07) is 5.98. The number of phenolic OH excluding ortho intramolecular Hbond substituents is 1. The van der Waals surface area contributed by atoms with Crippen LogP contribution in [0.1, 0.15) is 24.2 Å². The summed E-state index contributed by atoms with van der Waals surface area (Å²) in [5.41, 5.74) is -1.29. The standard InChI is InChI=1S/C11H11Cl3O3/c1-10(2,11(12,13)14)17-9(16)7-5-3-4-6-8(7)15/h3-6,15H,1-2H3. The maximum atomic E-state index is 11.8. The monoisotopic (exact) mass is 296 g/mol. The number of carbonyl (C=O) groups excluding carboxylic acids is 1. The number of carbonyl (C=O) groups is 1. The van der Waals surface area contributed by atoms with E-state index in [1.807, 2.05) is 0 Å². The van der Waals surface area contributed by atoms with Gasteiger partial charge in [-0.3, -0.25) is 0 Å². The number of ether oxygens (including phenoxy) is 1. The van der Waals surface area contributed by atoms with Crippen molar-refractivity contribution in [2.75, 3.05) is 0 Å². The highest BCUT2D eigenvalue weighted by Gasteiger charge is 2.44. The number of esters is 1. The number of phenols is 1. The second-order valence-electron chi connectivity index (χ2n) is 3.91. The summed E-state index contributed by atoms with van der Waals surface area (Å²) in [5, 5.41) is 9.48. The van der Waals surface area contributed by atoms with Crippen LogP contribution in [0.3, 0.4) is 0 Å². The summed E-state index contributed by atoms with van der Waals surface area (Å²) in [6.07, 6.45) is 0. The van der Waals surface area contributed by atoms with E-state index < -0.39 is 15.4 Å². The molecule has 1 rings (SSSR count). The molecular formula is C11H11Cl3O3. The van der Waals surface area contributed by atoms with Gasteiger partial charge in [-0.25, -0.2) is 4.79 Å². The van der Waals surface area contributed by atoms with E-state index in [9.17, 15) is 9.90 Å². The van der Waals surface area contributed by atoms with Gasteiger partial charge in [0.05, 0.1) is 0 Å². The van der Waals surface area contributed by atoms with Crippen LogP contribution in [-0.4, -0.2) is 20.5 Å². The lowest BCUT2D eigenvalue weighted by atomic mass is 10.1. The van der Waals surface area contributed by atoms with Crippen LogP contribution in [0, 0.1) is 0 Å². The summed E-state index contributed by atoms with van der Waals surface area (Å²) in [4.78, 5) is 11.8. The Bertz CT molecular complexity index is 424. The smallest absolute Gasteiger partial charge is 0.342 e. The molecule has 0 fully saturated rings. The summed E-state index contributed by atoms with van der Waals surface area (Å²) in [7, 11) is 0. The van der Waals surface area contributed by atoms with E-state index in [1.165, 1.54) is 26.0 Å². The molecule has 0 bridgehead atoms. The Morgan fingerprint density at radius 2 is 1.76 bits per heavy atom. The number of benzene rings is 1. The van der Waals surface area contributed by atoms with Gasteiger partial charge in [-0.2, -0.15) is 0 Å². The predicted octanol–water partition coefficient (Wildman–Crippen LogP) is 3.70. The molecule has 1 aromatic rings. The minimum atomic E-state index is -1.76. The van der Waals surface area contributed by atoms with Crippen LogP contribution in [0.15, 0.2) is 24.3 Å². The molecule has 0 aromatic heterocycles. The maximum Gasteiger partial charge on any atom is 0.342 e. The number of hydrogen-bond acceptors (Lipinski definition) is 3. The zero-order chi connectivity index (χ0) is 13.3. The predicted molar refractivity (Wildman–Crippen MR) is 67.9 cm³/mol. The number of aromatic hydroxyl groups is 1. The van der Waals surface area contributed by atoms with Crippen LogP contribution in [0.25, 0.3) is 0 Å². The zero-order valence-electron chi connectivity index (χ0n) is 9.21. The molecule has 0 saturated carbocycles. The van der Waals surface area contributed by atoms with Gasteiger partial charge in [-0.15, -0.1) is 0 Å². The highest BCUT2D eigenvalue weighted by atomic mass is 35.6. The molecule has 0 spiro atoms. The molecule has 0 amide bonds. The maximum absolute atomic E-state index is 11.8. The molecule has 0 aliphatic carbocycles. The van der Waals surface area contributed by atoms with Crippen LogP contribution >= 0.6 is 34.8 Å². The Hall–Kier alpha value is -0.640. The first-order valence-corrected chi connectivity index (χ1v) is 5.86. The Kier molecular flexibility index (Phi) is 4.18. The van der Waals surface area contributed by atoms with E-state index in [0.29, 0.717) is 0 Å². The highest BCUT2D eigenvalue weighted by Crippen LogP contribution is 2.40. The van der Waals surface area contributed by atoms with E-state index in [4.69, 9.17) is 39.5 Å². The Labute approximate surface area is 114 Å². The van der Waals surface area contributed by atoms with Gasteiger partial charge in [0.1, 0.15) is 11.3 Å². The molecule has 0 radical (unpaired) electrons. The van der Waals surface area contributed by atoms with Crippen molar-refractivity contribution in [3.63, 3.8) is 0 Å². The van der Waals surface area contributed by atoms with Gasteiger partial charge in [0.25, 0.3) is 0 Å². The average Bonchev–Trinajstić information content (AvgIpc) is 2.15. The Balaban J connectivity index is 2.92. The second kappa shape index (κ2) is 4.92. The molecule has 17 heavy (non-hydrogen) atoms. The third-order valence-corrected chi connectivity index (χ3v) is 3.52. The number of halogens is 3. The fraction of sp³-hybridized carbons (Fsp3) is 0.364. The van der Waals surface area contributed by atoms with Crippen molar-refractivity contribution in [2.24, 2.45) is 0 Å². The molecule has 0 atom stereocenters. The summed E-state index contributed by atoms with van der Waals surface area (Å²) >= 11 is 17.1. The van der Waals surface area contributed by atoms with E-state index in [-0.39, 0.29) is 11.3 Å². The van der Waals surface area contributed by atoms with Crippen molar-refractivity contribution in [3.8, 4) is 5.75 Å². The normalized spacial score (nSPS) is 12.3. The van der Waals surface area contributed by atoms with Gasteiger partial charge >= 0.3 is 5.97 Å². The summed E-state index contributed by atoms with van der Waals surface area (Å²) < 4.78 is 3.32. The third-order valence-electron chi connectivity index (χ3n) is 2.15. The van der Waals surface area contributed by atoms with Gasteiger partial charge in [0, 0.05) is 0 Å². The molecule has 1 aromatic carbocycles. The molecule has 0 aliphatic rings. The Morgan fingerprint density at radius 3 is 2.24 bits per heavy atom. The van der Waals surface area contributed by atoms with Crippen molar-refractivity contribution >= 4 is 40.8 Å². The molecule has 3 nitrogen and oxygen atoms in total. The largest absolute Gasteiger partial charge is 0.507 e. The van der Waals surface area contributed by atoms with Crippen molar-refractivity contribution in [3.05, 3.63) is 29.8 Å².